The Hall–Kier alpha value is -2.11. The molecule has 0 bridgehead atoms. The molecule has 134 valence electrons. The van der Waals surface area contributed by atoms with Crippen LogP contribution in [0.5, 0.6) is 0 Å². The summed E-state index contributed by atoms with van der Waals surface area (Å²) in [5.74, 6) is 2.35. The van der Waals surface area contributed by atoms with Gasteiger partial charge in [0.2, 0.25) is 17.5 Å². The van der Waals surface area contributed by atoms with Crippen LogP contribution in [0.15, 0.2) is 23.0 Å². The minimum atomic E-state index is -0.00828. The predicted molar refractivity (Wildman–Crippen MR) is 93.8 cm³/mol. The average Bonchev–Trinajstić information content (AvgIpc) is 3.12. The van der Waals surface area contributed by atoms with E-state index >= 15 is 0 Å². The number of carbonyl (C=O) groups is 1. The Morgan fingerprint density at radius 1 is 1.20 bits per heavy atom. The molecule has 1 atom stereocenters. The second-order valence-corrected chi connectivity index (χ2v) is 7.07. The van der Waals surface area contributed by atoms with Crippen molar-refractivity contribution in [2.75, 3.05) is 0 Å². The Morgan fingerprint density at radius 2 is 1.96 bits per heavy atom. The van der Waals surface area contributed by atoms with Gasteiger partial charge in [0, 0.05) is 24.7 Å². The maximum atomic E-state index is 11.7. The fraction of sp³-hybridized carbons (Fsp3) is 0.632. The number of hydrogen-bond donors (Lipinski definition) is 0. The zero-order chi connectivity index (χ0) is 17.5. The molecule has 0 aromatic carbocycles. The van der Waals surface area contributed by atoms with E-state index in [1.54, 1.807) is 25.4 Å². The monoisotopic (exact) mass is 342 g/mol. The van der Waals surface area contributed by atoms with Gasteiger partial charge in [0.25, 0.3) is 0 Å². The zero-order valence-electron chi connectivity index (χ0n) is 14.9. The highest BCUT2D eigenvalue weighted by Crippen LogP contribution is 2.31. The van der Waals surface area contributed by atoms with Gasteiger partial charge in [-0.2, -0.15) is 4.98 Å². The minimum absolute atomic E-state index is 0.00828. The Bertz CT molecular complexity index is 665. The van der Waals surface area contributed by atoms with Crippen LogP contribution in [0.1, 0.15) is 76.5 Å². The van der Waals surface area contributed by atoms with Crippen molar-refractivity contribution in [3.05, 3.63) is 24.4 Å². The third kappa shape index (κ3) is 5.18. The molecule has 6 heteroatoms. The van der Waals surface area contributed by atoms with Gasteiger partial charge in [-0.3, -0.25) is 0 Å². The van der Waals surface area contributed by atoms with Crippen LogP contribution >= 0.6 is 0 Å². The van der Waals surface area contributed by atoms with Crippen LogP contribution in [0.4, 0.5) is 0 Å². The lowest BCUT2D eigenvalue weighted by atomic mass is 9.84. The van der Waals surface area contributed by atoms with Gasteiger partial charge in [0.1, 0.15) is 5.78 Å². The van der Waals surface area contributed by atoms with Crippen LogP contribution in [0.3, 0.4) is 0 Å². The molecule has 0 spiro atoms. The quantitative estimate of drug-likeness (QED) is 0.710. The van der Waals surface area contributed by atoms with E-state index in [9.17, 15) is 4.79 Å². The summed E-state index contributed by atoms with van der Waals surface area (Å²) in [5.41, 5.74) is 0. The van der Waals surface area contributed by atoms with Crippen LogP contribution in [0.25, 0.3) is 11.6 Å². The second kappa shape index (κ2) is 8.83. The number of aromatic nitrogens is 4. The number of Topliss-reactive ketones (excluding diaryl/α,β-unsaturated/α-hetero) is 1. The lowest BCUT2D eigenvalue weighted by Gasteiger charge is -2.22. The van der Waals surface area contributed by atoms with Crippen molar-refractivity contribution >= 4 is 5.78 Å². The van der Waals surface area contributed by atoms with Crippen molar-refractivity contribution < 1.29 is 9.32 Å². The standard InChI is InChI=1S/C19H26N4O2/c1-14(24)13-16(10-5-9-15-7-3-2-4-8-15)19-22-18(23-25-19)17-20-11-6-12-21-17/h6,11-12,15-16H,2-5,7-10,13H2,1H3. The van der Waals surface area contributed by atoms with Crippen molar-refractivity contribution in [2.45, 2.75) is 70.6 Å². The summed E-state index contributed by atoms with van der Waals surface area (Å²) in [6, 6.07) is 1.74. The molecular weight excluding hydrogens is 316 g/mol. The van der Waals surface area contributed by atoms with E-state index in [4.69, 9.17) is 4.52 Å². The van der Waals surface area contributed by atoms with Crippen LogP contribution in [-0.2, 0) is 4.79 Å². The molecule has 25 heavy (non-hydrogen) atoms. The van der Waals surface area contributed by atoms with Gasteiger partial charge in [-0.1, -0.05) is 50.1 Å². The largest absolute Gasteiger partial charge is 0.339 e. The fourth-order valence-electron chi connectivity index (χ4n) is 3.69. The highest BCUT2D eigenvalue weighted by molar-refractivity contribution is 5.76. The number of carbonyl (C=O) groups excluding carboxylic acids is 1. The van der Waals surface area contributed by atoms with E-state index in [0.29, 0.717) is 24.0 Å². The van der Waals surface area contributed by atoms with E-state index < -0.39 is 0 Å². The van der Waals surface area contributed by atoms with Gasteiger partial charge in [-0.05, 0) is 25.3 Å². The molecule has 0 saturated heterocycles. The summed E-state index contributed by atoms with van der Waals surface area (Å²) in [5, 5.41) is 3.99. The summed E-state index contributed by atoms with van der Waals surface area (Å²) in [7, 11) is 0. The Labute approximate surface area is 148 Å². The normalized spacial score (nSPS) is 16.7. The SMILES string of the molecule is CC(=O)CC(CCCC1CCCCC1)c1nc(-c2ncccn2)no1. The molecule has 1 fully saturated rings. The number of ketones is 1. The van der Waals surface area contributed by atoms with Crippen LogP contribution in [0.2, 0.25) is 0 Å². The minimum Gasteiger partial charge on any atom is -0.339 e. The van der Waals surface area contributed by atoms with Crippen molar-refractivity contribution in [3.63, 3.8) is 0 Å². The van der Waals surface area contributed by atoms with Crippen molar-refractivity contribution in [1.29, 1.82) is 0 Å². The third-order valence-electron chi connectivity index (χ3n) is 4.98. The predicted octanol–water partition coefficient (Wildman–Crippen LogP) is 4.34. The summed E-state index contributed by atoms with van der Waals surface area (Å²) in [6.07, 6.45) is 13.8. The van der Waals surface area contributed by atoms with E-state index in [-0.39, 0.29) is 11.7 Å². The maximum Gasteiger partial charge on any atom is 0.240 e. The first-order valence-corrected chi connectivity index (χ1v) is 9.33. The van der Waals surface area contributed by atoms with Crippen LogP contribution < -0.4 is 0 Å². The molecule has 2 heterocycles. The number of nitrogens with zero attached hydrogens (tertiary/aromatic N) is 4. The molecule has 0 radical (unpaired) electrons. The van der Waals surface area contributed by atoms with E-state index in [1.165, 1.54) is 38.5 Å². The molecule has 1 unspecified atom stereocenters. The molecule has 2 aromatic rings. The van der Waals surface area contributed by atoms with E-state index in [1.807, 2.05) is 0 Å². The van der Waals surface area contributed by atoms with Gasteiger partial charge in [-0.25, -0.2) is 9.97 Å². The molecular formula is C19H26N4O2. The smallest absolute Gasteiger partial charge is 0.240 e. The molecule has 6 nitrogen and oxygen atoms in total. The highest BCUT2D eigenvalue weighted by atomic mass is 16.5. The summed E-state index contributed by atoms with van der Waals surface area (Å²) in [6.45, 7) is 1.62. The van der Waals surface area contributed by atoms with Crippen molar-refractivity contribution in [2.24, 2.45) is 5.92 Å². The lowest BCUT2D eigenvalue weighted by molar-refractivity contribution is -0.117. The molecule has 1 aliphatic rings. The van der Waals surface area contributed by atoms with E-state index in [2.05, 4.69) is 20.1 Å². The first kappa shape index (κ1) is 17.7. The average molecular weight is 342 g/mol. The maximum absolute atomic E-state index is 11.7. The Morgan fingerprint density at radius 3 is 2.68 bits per heavy atom. The van der Waals surface area contributed by atoms with Gasteiger partial charge in [0.15, 0.2) is 0 Å². The summed E-state index contributed by atoms with van der Waals surface area (Å²) in [4.78, 5) is 24.4. The number of hydrogen-bond acceptors (Lipinski definition) is 6. The molecule has 0 aliphatic heterocycles. The molecule has 1 saturated carbocycles. The summed E-state index contributed by atoms with van der Waals surface area (Å²) < 4.78 is 5.43. The lowest BCUT2D eigenvalue weighted by Crippen LogP contribution is -2.09. The fourth-order valence-corrected chi connectivity index (χ4v) is 3.69. The molecule has 0 N–H and O–H groups in total. The van der Waals surface area contributed by atoms with Gasteiger partial charge >= 0.3 is 0 Å². The van der Waals surface area contributed by atoms with Crippen LogP contribution in [0, 0.1) is 5.92 Å². The Kier molecular flexibility index (Phi) is 6.25. The zero-order valence-corrected chi connectivity index (χ0v) is 14.9. The molecule has 2 aromatic heterocycles. The van der Waals surface area contributed by atoms with Gasteiger partial charge in [-0.15, -0.1) is 0 Å². The van der Waals surface area contributed by atoms with Crippen LogP contribution in [-0.4, -0.2) is 25.9 Å². The second-order valence-electron chi connectivity index (χ2n) is 7.07. The van der Waals surface area contributed by atoms with Crippen molar-refractivity contribution in [1.82, 2.24) is 20.1 Å². The van der Waals surface area contributed by atoms with E-state index in [0.717, 1.165) is 18.8 Å². The molecule has 3 rings (SSSR count). The topological polar surface area (TPSA) is 81.8 Å². The molecule has 0 amide bonds. The third-order valence-corrected chi connectivity index (χ3v) is 4.98. The van der Waals surface area contributed by atoms with Gasteiger partial charge in [0.05, 0.1) is 0 Å². The first-order valence-electron chi connectivity index (χ1n) is 9.33. The first-order chi connectivity index (χ1) is 12.2. The van der Waals surface area contributed by atoms with Gasteiger partial charge < -0.3 is 9.32 Å². The number of rotatable bonds is 8. The van der Waals surface area contributed by atoms with Crippen molar-refractivity contribution in [3.8, 4) is 11.6 Å². The summed E-state index contributed by atoms with van der Waals surface area (Å²) >= 11 is 0. The Balaban J connectivity index is 1.62. The molecule has 1 aliphatic carbocycles. The highest BCUT2D eigenvalue weighted by Gasteiger charge is 2.23.